The maximum absolute atomic E-state index is 13.2. The minimum Gasteiger partial charge on any atom is -0.322 e. The second-order valence-electron chi connectivity index (χ2n) is 4.89. The van der Waals surface area contributed by atoms with Crippen molar-refractivity contribution >= 4 is 46.4 Å². The SMILES string of the molecule is CC(C(=O)Nc1c(Cl)cccc1Cl)n1nc(C(F)F)c(Cl)c1C(F)F. The van der Waals surface area contributed by atoms with Crippen LogP contribution >= 0.6 is 34.8 Å². The smallest absolute Gasteiger partial charge is 0.283 e. The van der Waals surface area contributed by atoms with Crippen LogP contribution in [0.2, 0.25) is 15.1 Å². The predicted molar refractivity (Wildman–Crippen MR) is 87.0 cm³/mol. The van der Waals surface area contributed by atoms with Gasteiger partial charge in [-0.3, -0.25) is 4.79 Å². The number of amides is 1. The molecule has 0 aliphatic heterocycles. The Labute approximate surface area is 154 Å². The zero-order valence-corrected chi connectivity index (χ0v) is 14.7. The highest BCUT2D eigenvalue weighted by Gasteiger charge is 2.32. The highest BCUT2D eigenvalue weighted by Crippen LogP contribution is 2.37. The highest BCUT2D eigenvalue weighted by molar-refractivity contribution is 6.39. The van der Waals surface area contributed by atoms with Crippen LogP contribution in [0, 0.1) is 0 Å². The molecule has 2 rings (SSSR count). The van der Waals surface area contributed by atoms with Gasteiger partial charge in [0.1, 0.15) is 17.4 Å². The van der Waals surface area contributed by atoms with E-state index in [0.29, 0.717) is 4.68 Å². The summed E-state index contributed by atoms with van der Waals surface area (Å²) in [5, 5.41) is 5.09. The first kappa shape index (κ1) is 19.8. The van der Waals surface area contributed by atoms with Crippen molar-refractivity contribution in [1.29, 1.82) is 0 Å². The first-order valence-electron chi connectivity index (χ1n) is 6.74. The lowest BCUT2D eigenvalue weighted by Gasteiger charge is -2.16. The van der Waals surface area contributed by atoms with Crippen LogP contribution in [0.15, 0.2) is 18.2 Å². The maximum Gasteiger partial charge on any atom is 0.283 e. The molecule has 0 saturated heterocycles. The van der Waals surface area contributed by atoms with Crippen LogP contribution in [-0.4, -0.2) is 15.7 Å². The van der Waals surface area contributed by atoms with Crippen molar-refractivity contribution in [3.63, 3.8) is 0 Å². The van der Waals surface area contributed by atoms with Gasteiger partial charge in [0.05, 0.1) is 20.8 Å². The molecule has 11 heteroatoms. The van der Waals surface area contributed by atoms with Crippen LogP contribution in [-0.2, 0) is 4.79 Å². The van der Waals surface area contributed by atoms with E-state index in [1.807, 2.05) is 0 Å². The first-order chi connectivity index (χ1) is 11.6. The molecule has 0 radical (unpaired) electrons. The molecule has 136 valence electrons. The molecule has 1 N–H and O–H groups in total. The van der Waals surface area contributed by atoms with E-state index in [4.69, 9.17) is 34.8 Å². The Bertz CT molecular complexity index is 778. The number of carbonyl (C=O) groups is 1. The third-order valence-electron chi connectivity index (χ3n) is 3.28. The monoisotopic (exact) mass is 417 g/mol. The zero-order chi connectivity index (χ0) is 18.9. The quantitative estimate of drug-likeness (QED) is 0.613. The normalized spacial score (nSPS) is 12.7. The Hall–Kier alpha value is -1.51. The predicted octanol–water partition coefficient (Wildman–Crippen LogP) is 5.92. The molecule has 0 aliphatic carbocycles. The third kappa shape index (κ3) is 4.02. The number of anilines is 1. The summed E-state index contributed by atoms with van der Waals surface area (Å²) < 4.78 is 52.5. The van der Waals surface area contributed by atoms with Gasteiger partial charge >= 0.3 is 0 Å². The number of nitrogens with zero attached hydrogens (tertiary/aromatic N) is 2. The molecular formula is C14H10Cl3F4N3O. The minimum atomic E-state index is -3.20. The number of alkyl halides is 4. The molecule has 0 spiro atoms. The summed E-state index contributed by atoms with van der Waals surface area (Å²) in [7, 11) is 0. The van der Waals surface area contributed by atoms with Crippen molar-refractivity contribution in [3.05, 3.63) is 44.7 Å². The van der Waals surface area contributed by atoms with Crippen LogP contribution in [0.25, 0.3) is 0 Å². The van der Waals surface area contributed by atoms with Gasteiger partial charge in [0.25, 0.3) is 12.9 Å². The lowest BCUT2D eigenvalue weighted by molar-refractivity contribution is -0.119. The van der Waals surface area contributed by atoms with Crippen molar-refractivity contribution in [2.24, 2.45) is 0 Å². The fourth-order valence-electron chi connectivity index (χ4n) is 2.03. The number of carbonyl (C=O) groups excluding carboxylic acids is 1. The summed E-state index contributed by atoms with van der Waals surface area (Å²) in [6, 6.07) is 3.08. The molecular weight excluding hydrogens is 409 g/mol. The summed E-state index contributed by atoms with van der Waals surface area (Å²) in [4.78, 5) is 12.3. The molecule has 1 unspecified atom stereocenters. The summed E-state index contributed by atoms with van der Waals surface area (Å²) in [5.41, 5.74) is -1.93. The maximum atomic E-state index is 13.2. The second-order valence-corrected chi connectivity index (χ2v) is 6.08. The van der Waals surface area contributed by atoms with Gasteiger partial charge in [0, 0.05) is 0 Å². The van der Waals surface area contributed by atoms with E-state index in [9.17, 15) is 22.4 Å². The summed E-state index contributed by atoms with van der Waals surface area (Å²) in [6.07, 6.45) is -6.37. The fraction of sp³-hybridized carbons (Fsp3) is 0.286. The Kier molecular flexibility index (Phi) is 6.18. The Morgan fingerprint density at radius 3 is 2.16 bits per heavy atom. The minimum absolute atomic E-state index is 0.0635. The van der Waals surface area contributed by atoms with Crippen LogP contribution < -0.4 is 5.32 Å². The number of aromatic nitrogens is 2. The average Bonchev–Trinajstić information content (AvgIpc) is 2.87. The molecule has 0 bridgehead atoms. The number of para-hydroxylation sites is 1. The highest BCUT2D eigenvalue weighted by atomic mass is 35.5. The van der Waals surface area contributed by atoms with E-state index < -0.39 is 41.2 Å². The third-order valence-corrected chi connectivity index (χ3v) is 4.30. The number of hydrogen-bond acceptors (Lipinski definition) is 2. The van der Waals surface area contributed by atoms with Crippen molar-refractivity contribution in [1.82, 2.24) is 9.78 Å². The molecule has 1 aromatic carbocycles. The van der Waals surface area contributed by atoms with E-state index in [1.165, 1.54) is 19.1 Å². The Morgan fingerprint density at radius 2 is 1.68 bits per heavy atom. The van der Waals surface area contributed by atoms with Crippen LogP contribution in [0.1, 0.15) is 37.2 Å². The topological polar surface area (TPSA) is 46.9 Å². The van der Waals surface area contributed by atoms with Gasteiger partial charge in [0.2, 0.25) is 5.91 Å². The molecule has 0 aliphatic rings. The van der Waals surface area contributed by atoms with Gasteiger partial charge in [-0.2, -0.15) is 5.10 Å². The van der Waals surface area contributed by atoms with E-state index in [0.717, 1.165) is 0 Å². The van der Waals surface area contributed by atoms with Gasteiger partial charge in [-0.15, -0.1) is 0 Å². The van der Waals surface area contributed by atoms with E-state index in [2.05, 4.69) is 10.4 Å². The molecule has 1 aromatic heterocycles. The first-order valence-corrected chi connectivity index (χ1v) is 7.87. The molecule has 4 nitrogen and oxygen atoms in total. The van der Waals surface area contributed by atoms with Crippen LogP contribution in [0.5, 0.6) is 0 Å². The van der Waals surface area contributed by atoms with Gasteiger partial charge in [-0.1, -0.05) is 40.9 Å². The molecule has 2 aromatic rings. The number of nitrogens with one attached hydrogen (secondary N) is 1. The van der Waals surface area contributed by atoms with Crippen LogP contribution in [0.3, 0.4) is 0 Å². The summed E-state index contributed by atoms with van der Waals surface area (Å²) in [6.45, 7) is 1.20. The molecule has 0 saturated carbocycles. The number of benzene rings is 1. The van der Waals surface area contributed by atoms with Crippen molar-refractivity contribution in [3.8, 4) is 0 Å². The fourth-order valence-corrected chi connectivity index (χ4v) is 2.81. The molecule has 25 heavy (non-hydrogen) atoms. The van der Waals surface area contributed by atoms with Crippen LogP contribution in [0.4, 0.5) is 23.2 Å². The standard InChI is InChI=1S/C14H10Cl3F4N3O/c1-5(14(25)22-9-6(15)3-2-4-7(9)16)24-11(13(20)21)8(17)10(23-24)12(18)19/h2-5,12-13H,1H3,(H,22,25). The van der Waals surface area contributed by atoms with Gasteiger partial charge in [-0.25, -0.2) is 22.2 Å². The van der Waals surface area contributed by atoms with Gasteiger partial charge < -0.3 is 5.32 Å². The van der Waals surface area contributed by atoms with E-state index in [1.54, 1.807) is 6.07 Å². The Morgan fingerprint density at radius 1 is 1.12 bits per heavy atom. The zero-order valence-electron chi connectivity index (χ0n) is 12.4. The van der Waals surface area contributed by atoms with E-state index >= 15 is 0 Å². The largest absolute Gasteiger partial charge is 0.322 e. The molecule has 0 fully saturated rings. The van der Waals surface area contributed by atoms with Crippen molar-refractivity contribution in [2.75, 3.05) is 5.32 Å². The van der Waals surface area contributed by atoms with Gasteiger partial charge in [-0.05, 0) is 19.1 Å². The number of hydrogen-bond donors (Lipinski definition) is 1. The molecule has 1 atom stereocenters. The second kappa shape index (κ2) is 7.80. The average molecular weight is 419 g/mol. The summed E-state index contributed by atoms with van der Waals surface area (Å²) in [5.74, 6) is -0.836. The number of rotatable bonds is 5. The lowest BCUT2D eigenvalue weighted by atomic mass is 10.2. The number of halogens is 7. The lowest BCUT2D eigenvalue weighted by Crippen LogP contribution is -2.26. The molecule has 1 amide bonds. The Balaban J connectivity index is 2.38. The molecule has 1 heterocycles. The van der Waals surface area contributed by atoms with E-state index in [-0.39, 0.29) is 15.7 Å². The summed E-state index contributed by atoms with van der Waals surface area (Å²) >= 11 is 17.4. The van der Waals surface area contributed by atoms with Gasteiger partial charge in [0.15, 0.2) is 0 Å². The van der Waals surface area contributed by atoms with Crippen molar-refractivity contribution < 1.29 is 22.4 Å². The van der Waals surface area contributed by atoms with Crippen molar-refractivity contribution in [2.45, 2.75) is 25.8 Å².